The Labute approximate surface area is 127 Å². The predicted octanol–water partition coefficient (Wildman–Crippen LogP) is 2.32. The van der Waals surface area contributed by atoms with E-state index in [1.165, 1.54) is 11.8 Å². The Morgan fingerprint density at radius 3 is 2.57 bits per heavy atom. The van der Waals surface area contributed by atoms with Gasteiger partial charge in [-0.1, -0.05) is 24.1 Å². The first-order valence-corrected chi connectivity index (χ1v) is 9.46. The maximum atomic E-state index is 11.8. The van der Waals surface area contributed by atoms with Crippen LogP contribution in [0.4, 0.5) is 0 Å². The van der Waals surface area contributed by atoms with E-state index in [1.54, 1.807) is 0 Å². The minimum Gasteiger partial charge on any atom is -0.492 e. The summed E-state index contributed by atoms with van der Waals surface area (Å²) in [5, 5.41) is 3.16. The standard InChI is InChI=1S/C16H25NO3S/c1-12-7-9-14(10-8-12)20-11-13(2)17-15-5-4-6-16(15)21(3,18)19/h7-10,13,15-17H,4-6,11H2,1-3H3. The van der Waals surface area contributed by atoms with E-state index in [1.807, 2.05) is 38.1 Å². The molecule has 118 valence electrons. The molecule has 3 unspecified atom stereocenters. The molecule has 0 radical (unpaired) electrons. The smallest absolute Gasteiger partial charge is 0.151 e. The third-order valence-electron chi connectivity index (χ3n) is 4.02. The number of aryl methyl sites for hydroxylation is 1. The fraction of sp³-hybridized carbons (Fsp3) is 0.625. The lowest BCUT2D eigenvalue weighted by Gasteiger charge is -2.24. The normalized spacial score (nSPS) is 24.0. The molecule has 21 heavy (non-hydrogen) atoms. The SMILES string of the molecule is Cc1ccc(OCC(C)NC2CCCC2S(C)(=O)=O)cc1. The van der Waals surface area contributed by atoms with Crippen LogP contribution in [0.5, 0.6) is 5.75 Å². The summed E-state index contributed by atoms with van der Waals surface area (Å²) >= 11 is 0. The molecule has 5 heteroatoms. The Kier molecular flexibility index (Phi) is 5.27. The number of rotatable bonds is 6. The maximum Gasteiger partial charge on any atom is 0.151 e. The van der Waals surface area contributed by atoms with Crippen molar-refractivity contribution in [1.29, 1.82) is 0 Å². The Bertz CT molecular complexity index is 553. The lowest BCUT2D eigenvalue weighted by Crippen LogP contribution is -2.46. The second-order valence-corrected chi connectivity index (χ2v) is 8.36. The molecule has 1 aromatic rings. The fourth-order valence-corrected chi connectivity index (χ4v) is 4.30. The van der Waals surface area contributed by atoms with Crippen molar-refractivity contribution in [3.63, 3.8) is 0 Å². The maximum absolute atomic E-state index is 11.8. The van der Waals surface area contributed by atoms with Crippen LogP contribution in [0, 0.1) is 6.92 Å². The van der Waals surface area contributed by atoms with Crippen molar-refractivity contribution in [1.82, 2.24) is 5.32 Å². The molecule has 1 fully saturated rings. The highest BCUT2D eigenvalue weighted by Crippen LogP contribution is 2.25. The molecule has 0 aromatic heterocycles. The summed E-state index contributed by atoms with van der Waals surface area (Å²) in [7, 11) is -2.97. The predicted molar refractivity (Wildman–Crippen MR) is 85.5 cm³/mol. The zero-order valence-corrected chi connectivity index (χ0v) is 13.8. The first kappa shape index (κ1) is 16.3. The highest BCUT2D eigenvalue weighted by atomic mass is 32.2. The van der Waals surface area contributed by atoms with Crippen molar-refractivity contribution in [2.24, 2.45) is 0 Å². The number of hydrogen-bond donors (Lipinski definition) is 1. The van der Waals surface area contributed by atoms with Gasteiger partial charge in [0.15, 0.2) is 9.84 Å². The zero-order chi connectivity index (χ0) is 15.5. The molecule has 0 saturated heterocycles. The summed E-state index contributed by atoms with van der Waals surface area (Å²) in [5.74, 6) is 0.848. The van der Waals surface area contributed by atoms with Gasteiger partial charge in [-0.3, -0.25) is 0 Å². The summed E-state index contributed by atoms with van der Waals surface area (Å²) in [6.45, 7) is 4.61. The van der Waals surface area contributed by atoms with Gasteiger partial charge in [0.25, 0.3) is 0 Å². The zero-order valence-electron chi connectivity index (χ0n) is 13.0. The van der Waals surface area contributed by atoms with E-state index < -0.39 is 9.84 Å². The summed E-state index contributed by atoms with van der Waals surface area (Å²) in [5.41, 5.74) is 1.20. The molecule has 1 N–H and O–H groups in total. The second-order valence-electron chi connectivity index (χ2n) is 6.10. The molecule has 0 heterocycles. The van der Waals surface area contributed by atoms with E-state index in [-0.39, 0.29) is 17.3 Å². The Balaban J connectivity index is 1.84. The van der Waals surface area contributed by atoms with Crippen molar-refractivity contribution in [3.8, 4) is 5.75 Å². The average molecular weight is 311 g/mol. The second kappa shape index (κ2) is 6.79. The van der Waals surface area contributed by atoms with Crippen LogP contribution in [0.1, 0.15) is 31.7 Å². The number of hydrogen-bond acceptors (Lipinski definition) is 4. The third-order valence-corrected chi connectivity index (χ3v) is 5.69. The number of sulfone groups is 1. The Morgan fingerprint density at radius 1 is 1.29 bits per heavy atom. The molecule has 1 saturated carbocycles. The van der Waals surface area contributed by atoms with Gasteiger partial charge in [-0.05, 0) is 38.8 Å². The van der Waals surface area contributed by atoms with Crippen LogP contribution in [0.25, 0.3) is 0 Å². The van der Waals surface area contributed by atoms with E-state index in [0.717, 1.165) is 25.0 Å². The Morgan fingerprint density at radius 2 is 1.95 bits per heavy atom. The van der Waals surface area contributed by atoms with Gasteiger partial charge < -0.3 is 10.1 Å². The lowest BCUT2D eigenvalue weighted by molar-refractivity contribution is 0.261. The topological polar surface area (TPSA) is 55.4 Å². The molecular weight excluding hydrogens is 286 g/mol. The summed E-state index contributed by atoms with van der Waals surface area (Å²) in [6.07, 6.45) is 4.00. The lowest BCUT2D eigenvalue weighted by atomic mass is 10.2. The monoisotopic (exact) mass is 311 g/mol. The van der Waals surface area contributed by atoms with E-state index >= 15 is 0 Å². The van der Waals surface area contributed by atoms with Gasteiger partial charge in [-0.2, -0.15) is 0 Å². The summed E-state index contributed by atoms with van der Waals surface area (Å²) in [4.78, 5) is 0. The van der Waals surface area contributed by atoms with Gasteiger partial charge in [-0.15, -0.1) is 0 Å². The molecule has 0 amide bonds. The quantitative estimate of drug-likeness (QED) is 0.876. The minimum absolute atomic E-state index is 0.0524. The van der Waals surface area contributed by atoms with Crippen LogP contribution in [0.3, 0.4) is 0 Å². The molecule has 0 aliphatic heterocycles. The minimum atomic E-state index is -2.97. The van der Waals surface area contributed by atoms with Crippen LogP contribution in [0.2, 0.25) is 0 Å². The van der Waals surface area contributed by atoms with E-state index in [2.05, 4.69) is 5.32 Å². The first-order chi connectivity index (χ1) is 9.86. The molecule has 1 aromatic carbocycles. The summed E-state index contributed by atoms with van der Waals surface area (Å²) in [6, 6.07) is 8.12. The Hall–Kier alpha value is -1.07. The summed E-state index contributed by atoms with van der Waals surface area (Å²) < 4.78 is 29.3. The number of benzene rings is 1. The van der Waals surface area contributed by atoms with Gasteiger partial charge in [0.2, 0.25) is 0 Å². The largest absolute Gasteiger partial charge is 0.492 e. The molecule has 4 nitrogen and oxygen atoms in total. The van der Waals surface area contributed by atoms with E-state index in [4.69, 9.17) is 4.74 Å². The molecule has 0 spiro atoms. The van der Waals surface area contributed by atoms with Crippen molar-refractivity contribution in [2.75, 3.05) is 12.9 Å². The van der Waals surface area contributed by atoms with Crippen molar-refractivity contribution < 1.29 is 13.2 Å². The van der Waals surface area contributed by atoms with Crippen molar-refractivity contribution >= 4 is 9.84 Å². The average Bonchev–Trinajstić information content (AvgIpc) is 2.86. The molecule has 2 rings (SSSR count). The molecule has 1 aliphatic carbocycles. The van der Waals surface area contributed by atoms with Crippen LogP contribution in [-0.2, 0) is 9.84 Å². The van der Waals surface area contributed by atoms with Gasteiger partial charge in [0.1, 0.15) is 12.4 Å². The van der Waals surface area contributed by atoms with Crippen LogP contribution >= 0.6 is 0 Å². The van der Waals surface area contributed by atoms with Crippen LogP contribution in [-0.4, -0.2) is 38.6 Å². The van der Waals surface area contributed by atoms with Gasteiger partial charge in [0.05, 0.1) is 5.25 Å². The van der Waals surface area contributed by atoms with Gasteiger partial charge in [0, 0.05) is 18.3 Å². The number of nitrogens with one attached hydrogen (secondary N) is 1. The highest BCUT2D eigenvalue weighted by Gasteiger charge is 2.35. The first-order valence-electron chi connectivity index (χ1n) is 7.50. The van der Waals surface area contributed by atoms with E-state index in [0.29, 0.717) is 6.61 Å². The molecular formula is C16H25NO3S. The van der Waals surface area contributed by atoms with Gasteiger partial charge >= 0.3 is 0 Å². The molecule has 0 bridgehead atoms. The van der Waals surface area contributed by atoms with Crippen LogP contribution in [0.15, 0.2) is 24.3 Å². The van der Waals surface area contributed by atoms with Crippen molar-refractivity contribution in [2.45, 2.75) is 50.4 Å². The van der Waals surface area contributed by atoms with Crippen molar-refractivity contribution in [3.05, 3.63) is 29.8 Å². The fourth-order valence-electron chi connectivity index (χ4n) is 2.90. The molecule has 1 aliphatic rings. The third kappa shape index (κ3) is 4.71. The molecule has 3 atom stereocenters. The van der Waals surface area contributed by atoms with Gasteiger partial charge in [-0.25, -0.2) is 8.42 Å². The van der Waals surface area contributed by atoms with Crippen LogP contribution < -0.4 is 10.1 Å². The number of ether oxygens (including phenoxy) is 1. The highest BCUT2D eigenvalue weighted by molar-refractivity contribution is 7.91. The van der Waals surface area contributed by atoms with E-state index in [9.17, 15) is 8.42 Å².